The van der Waals surface area contributed by atoms with E-state index in [0.29, 0.717) is 19.6 Å². The summed E-state index contributed by atoms with van der Waals surface area (Å²) in [5.41, 5.74) is 5.04. The first kappa shape index (κ1) is 16.2. The highest BCUT2D eigenvalue weighted by molar-refractivity contribution is 6.06. The number of hydrogen-bond donors (Lipinski definition) is 2. The summed E-state index contributed by atoms with van der Waals surface area (Å²) in [7, 11) is 1.73. The first-order valence-electron chi connectivity index (χ1n) is 7.50. The van der Waals surface area contributed by atoms with E-state index in [1.165, 1.54) is 4.90 Å². The summed E-state index contributed by atoms with van der Waals surface area (Å²) in [5, 5.41) is 2.70. The molecule has 2 rings (SSSR count). The molecule has 0 saturated carbocycles. The van der Waals surface area contributed by atoms with Crippen molar-refractivity contribution in [3.05, 3.63) is 0 Å². The van der Waals surface area contributed by atoms with Crippen molar-refractivity contribution in [2.45, 2.75) is 44.4 Å². The van der Waals surface area contributed by atoms with E-state index in [-0.39, 0.29) is 24.1 Å². The van der Waals surface area contributed by atoms with Crippen LogP contribution in [0, 0.1) is 0 Å². The molecule has 0 aromatic carbocycles. The number of amides is 3. The SMILES string of the molecule is COC1CCN(CCN2C(=O)NC(C)(C)C2=O)C(CN)C1. The molecule has 0 spiro atoms. The van der Waals surface area contributed by atoms with Crippen LogP contribution < -0.4 is 11.1 Å². The van der Waals surface area contributed by atoms with Gasteiger partial charge >= 0.3 is 6.03 Å². The summed E-state index contributed by atoms with van der Waals surface area (Å²) in [6.45, 7) is 5.95. The van der Waals surface area contributed by atoms with Crippen LogP contribution in [0.5, 0.6) is 0 Å². The van der Waals surface area contributed by atoms with Gasteiger partial charge < -0.3 is 15.8 Å². The Morgan fingerprint density at radius 2 is 2.10 bits per heavy atom. The highest BCUT2D eigenvalue weighted by Crippen LogP contribution is 2.20. The van der Waals surface area contributed by atoms with Gasteiger partial charge in [0.25, 0.3) is 5.91 Å². The molecule has 3 amide bonds. The Bertz CT molecular complexity index is 413. The topological polar surface area (TPSA) is 87.9 Å². The van der Waals surface area contributed by atoms with E-state index < -0.39 is 5.54 Å². The van der Waals surface area contributed by atoms with Crippen molar-refractivity contribution in [2.24, 2.45) is 5.73 Å². The van der Waals surface area contributed by atoms with Crippen LogP contribution in [0.4, 0.5) is 4.79 Å². The third kappa shape index (κ3) is 3.36. The Kier molecular flexibility index (Phi) is 4.85. The molecule has 7 nitrogen and oxygen atoms in total. The van der Waals surface area contributed by atoms with Gasteiger partial charge in [-0.25, -0.2) is 4.79 Å². The number of methoxy groups -OCH3 is 1. The molecule has 0 aliphatic carbocycles. The zero-order chi connectivity index (χ0) is 15.6. The van der Waals surface area contributed by atoms with Crippen LogP contribution in [0.25, 0.3) is 0 Å². The van der Waals surface area contributed by atoms with E-state index in [1.807, 2.05) is 0 Å². The highest BCUT2D eigenvalue weighted by Gasteiger charge is 2.44. The molecule has 120 valence electrons. The number of carbonyl (C=O) groups excluding carboxylic acids is 2. The molecule has 7 heteroatoms. The zero-order valence-electron chi connectivity index (χ0n) is 13.1. The summed E-state index contributed by atoms with van der Waals surface area (Å²) < 4.78 is 5.40. The van der Waals surface area contributed by atoms with Crippen LogP contribution in [-0.4, -0.2) is 72.7 Å². The van der Waals surface area contributed by atoms with Gasteiger partial charge in [-0.1, -0.05) is 0 Å². The predicted octanol–water partition coefficient (Wildman–Crippen LogP) is -0.245. The first-order chi connectivity index (χ1) is 9.89. The number of nitrogens with one attached hydrogen (secondary N) is 1. The number of urea groups is 1. The maximum Gasteiger partial charge on any atom is 0.325 e. The normalized spacial score (nSPS) is 29.8. The number of ether oxygens (including phenoxy) is 1. The van der Waals surface area contributed by atoms with Crippen molar-refractivity contribution in [1.29, 1.82) is 0 Å². The minimum atomic E-state index is -0.798. The minimum absolute atomic E-state index is 0.163. The Labute approximate surface area is 125 Å². The fourth-order valence-corrected chi connectivity index (χ4v) is 3.07. The smallest absolute Gasteiger partial charge is 0.325 e. The molecule has 21 heavy (non-hydrogen) atoms. The second-order valence-corrected chi connectivity index (χ2v) is 6.32. The van der Waals surface area contributed by atoms with Gasteiger partial charge in [0, 0.05) is 39.3 Å². The number of piperidine rings is 1. The molecule has 2 saturated heterocycles. The molecular formula is C14H26N4O3. The largest absolute Gasteiger partial charge is 0.381 e. The Morgan fingerprint density at radius 1 is 1.38 bits per heavy atom. The Morgan fingerprint density at radius 3 is 2.62 bits per heavy atom. The Balaban J connectivity index is 1.91. The lowest BCUT2D eigenvalue weighted by Crippen LogP contribution is -2.51. The molecule has 3 N–H and O–H groups in total. The lowest BCUT2D eigenvalue weighted by Gasteiger charge is -2.38. The molecule has 0 radical (unpaired) electrons. The van der Waals surface area contributed by atoms with E-state index in [9.17, 15) is 9.59 Å². The molecule has 2 heterocycles. The number of nitrogens with zero attached hydrogens (tertiary/aromatic N) is 2. The van der Waals surface area contributed by atoms with Crippen molar-refractivity contribution in [3.63, 3.8) is 0 Å². The van der Waals surface area contributed by atoms with Crippen LogP contribution >= 0.6 is 0 Å². The summed E-state index contributed by atoms with van der Waals surface area (Å²) in [5.74, 6) is -0.163. The second kappa shape index (κ2) is 6.29. The monoisotopic (exact) mass is 298 g/mol. The van der Waals surface area contributed by atoms with E-state index in [4.69, 9.17) is 10.5 Å². The average molecular weight is 298 g/mol. The average Bonchev–Trinajstić information content (AvgIpc) is 2.65. The van der Waals surface area contributed by atoms with Crippen LogP contribution in [0.15, 0.2) is 0 Å². The lowest BCUT2D eigenvalue weighted by molar-refractivity contribution is -0.130. The fraction of sp³-hybridized carbons (Fsp3) is 0.857. The quantitative estimate of drug-likeness (QED) is 0.684. The molecule has 2 fully saturated rings. The van der Waals surface area contributed by atoms with Gasteiger partial charge in [-0.15, -0.1) is 0 Å². The van der Waals surface area contributed by atoms with E-state index >= 15 is 0 Å². The molecule has 2 aliphatic rings. The van der Waals surface area contributed by atoms with Gasteiger partial charge in [-0.3, -0.25) is 14.6 Å². The van der Waals surface area contributed by atoms with Gasteiger partial charge in [0.2, 0.25) is 0 Å². The summed E-state index contributed by atoms with van der Waals surface area (Å²) in [4.78, 5) is 27.5. The van der Waals surface area contributed by atoms with Crippen molar-refractivity contribution in [2.75, 3.05) is 33.3 Å². The molecular weight excluding hydrogens is 272 g/mol. The minimum Gasteiger partial charge on any atom is -0.381 e. The number of hydrogen-bond acceptors (Lipinski definition) is 5. The summed E-state index contributed by atoms with van der Waals surface area (Å²) >= 11 is 0. The van der Waals surface area contributed by atoms with E-state index in [0.717, 1.165) is 19.4 Å². The molecule has 2 unspecified atom stereocenters. The van der Waals surface area contributed by atoms with Crippen molar-refractivity contribution in [3.8, 4) is 0 Å². The summed E-state index contributed by atoms with van der Waals surface area (Å²) in [6, 6.07) is -0.0569. The van der Waals surface area contributed by atoms with Crippen molar-refractivity contribution < 1.29 is 14.3 Å². The third-order valence-corrected chi connectivity index (χ3v) is 4.45. The van der Waals surface area contributed by atoms with Gasteiger partial charge in [0.05, 0.1) is 6.10 Å². The van der Waals surface area contributed by atoms with Gasteiger partial charge in [-0.2, -0.15) is 0 Å². The third-order valence-electron chi connectivity index (χ3n) is 4.45. The van der Waals surface area contributed by atoms with Gasteiger partial charge in [0.1, 0.15) is 5.54 Å². The predicted molar refractivity (Wildman–Crippen MR) is 78.8 cm³/mol. The van der Waals surface area contributed by atoms with Crippen LogP contribution in [0.2, 0.25) is 0 Å². The number of likely N-dealkylation sites (tertiary alicyclic amines) is 1. The van der Waals surface area contributed by atoms with Crippen LogP contribution in [0.1, 0.15) is 26.7 Å². The lowest BCUT2D eigenvalue weighted by atomic mass is 9.99. The molecule has 2 atom stereocenters. The maximum absolute atomic E-state index is 12.1. The second-order valence-electron chi connectivity index (χ2n) is 6.32. The molecule has 2 aliphatic heterocycles. The summed E-state index contributed by atoms with van der Waals surface area (Å²) in [6.07, 6.45) is 2.11. The number of imide groups is 1. The highest BCUT2D eigenvalue weighted by atomic mass is 16.5. The van der Waals surface area contributed by atoms with E-state index in [2.05, 4.69) is 10.2 Å². The van der Waals surface area contributed by atoms with Gasteiger partial charge in [0.15, 0.2) is 0 Å². The standard InChI is InChI=1S/C14H26N4O3/c1-14(2)12(19)18(13(20)16-14)7-6-17-5-4-11(21-3)8-10(17)9-15/h10-11H,4-9,15H2,1-3H3,(H,16,20). The molecule has 0 aromatic rings. The van der Waals surface area contributed by atoms with Crippen molar-refractivity contribution in [1.82, 2.24) is 15.1 Å². The number of carbonyl (C=O) groups is 2. The number of rotatable bonds is 5. The van der Waals surface area contributed by atoms with Crippen LogP contribution in [-0.2, 0) is 9.53 Å². The van der Waals surface area contributed by atoms with Crippen LogP contribution in [0.3, 0.4) is 0 Å². The van der Waals surface area contributed by atoms with Gasteiger partial charge in [-0.05, 0) is 26.7 Å². The van der Waals surface area contributed by atoms with Crippen molar-refractivity contribution >= 4 is 11.9 Å². The maximum atomic E-state index is 12.1. The molecule has 0 aromatic heterocycles. The first-order valence-corrected chi connectivity index (χ1v) is 7.50. The number of nitrogens with two attached hydrogens (primary N) is 1. The Hall–Kier alpha value is -1.18. The zero-order valence-corrected chi connectivity index (χ0v) is 13.1. The fourth-order valence-electron chi connectivity index (χ4n) is 3.07. The molecule has 0 bridgehead atoms. The van der Waals surface area contributed by atoms with E-state index in [1.54, 1.807) is 21.0 Å².